The Morgan fingerprint density at radius 3 is 2.81 bits per heavy atom. The first-order valence-electron chi connectivity index (χ1n) is 9.50. The van der Waals surface area contributed by atoms with Crippen molar-refractivity contribution >= 4 is 11.7 Å². The lowest BCUT2D eigenvalue weighted by molar-refractivity contribution is -0.131. The van der Waals surface area contributed by atoms with E-state index >= 15 is 0 Å². The number of anilines is 1. The summed E-state index contributed by atoms with van der Waals surface area (Å²) < 4.78 is 7.64. The second-order valence-electron chi connectivity index (χ2n) is 7.05. The first-order chi connectivity index (χ1) is 13.2. The molecule has 27 heavy (non-hydrogen) atoms. The van der Waals surface area contributed by atoms with Gasteiger partial charge in [-0.1, -0.05) is 6.07 Å². The van der Waals surface area contributed by atoms with Crippen LogP contribution in [0.5, 0.6) is 5.75 Å². The van der Waals surface area contributed by atoms with Gasteiger partial charge in [-0.15, -0.1) is 0 Å². The number of ether oxygens (including phenoxy) is 1. The molecule has 0 aromatic carbocycles. The minimum absolute atomic E-state index is 0.0491. The summed E-state index contributed by atoms with van der Waals surface area (Å²) in [5, 5.41) is 0. The monoisotopic (exact) mass is 368 g/mol. The van der Waals surface area contributed by atoms with E-state index in [0.29, 0.717) is 13.1 Å². The van der Waals surface area contributed by atoms with Crippen molar-refractivity contribution in [1.29, 1.82) is 0 Å². The third-order valence-corrected chi connectivity index (χ3v) is 5.15. The molecular formula is C20H24N4O3. The van der Waals surface area contributed by atoms with Crippen molar-refractivity contribution in [2.45, 2.75) is 31.9 Å². The highest BCUT2D eigenvalue weighted by Crippen LogP contribution is 2.30. The van der Waals surface area contributed by atoms with Gasteiger partial charge in [0.2, 0.25) is 5.91 Å². The summed E-state index contributed by atoms with van der Waals surface area (Å²) >= 11 is 0. The van der Waals surface area contributed by atoms with Crippen molar-refractivity contribution < 1.29 is 9.53 Å². The van der Waals surface area contributed by atoms with Gasteiger partial charge in [0.25, 0.3) is 5.56 Å². The topological polar surface area (TPSA) is 67.7 Å². The summed E-state index contributed by atoms with van der Waals surface area (Å²) in [6.07, 6.45) is 6.53. The average molecular weight is 368 g/mol. The van der Waals surface area contributed by atoms with E-state index in [1.165, 1.54) is 23.5 Å². The maximum Gasteiger partial charge on any atom is 0.250 e. The predicted molar refractivity (Wildman–Crippen MR) is 102 cm³/mol. The van der Waals surface area contributed by atoms with Crippen LogP contribution in [0.15, 0.2) is 47.5 Å². The fraction of sp³-hybridized carbons (Fsp3) is 0.450. The molecule has 2 aromatic rings. The summed E-state index contributed by atoms with van der Waals surface area (Å²) in [5.74, 6) is 1.63. The van der Waals surface area contributed by atoms with Crippen molar-refractivity contribution in [3.63, 3.8) is 0 Å². The summed E-state index contributed by atoms with van der Waals surface area (Å²) in [7, 11) is 0. The molecular weight excluding hydrogens is 344 g/mol. The van der Waals surface area contributed by atoms with Crippen LogP contribution >= 0.6 is 0 Å². The fourth-order valence-corrected chi connectivity index (χ4v) is 3.71. The van der Waals surface area contributed by atoms with Crippen LogP contribution in [0.25, 0.3) is 0 Å². The second-order valence-corrected chi connectivity index (χ2v) is 7.05. The zero-order chi connectivity index (χ0) is 18.6. The molecule has 1 amide bonds. The minimum Gasteiger partial charge on any atom is -0.485 e. The van der Waals surface area contributed by atoms with E-state index in [1.54, 1.807) is 29.4 Å². The Morgan fingerprint density at radius 2 is 2.00 bits per heavy atom. The molecule has 142 valence electrons. The Hall–Kier alpha value is -2.83. The highest BCUT2D eigenvalue weighted by molar-refractivity contribution is 5.76. The Labute approximate surface area is 158 Å². The summed E-state index contributed by atoms with van der Waals surface area (Å²) in [6.45, 7) is 3.26. The van der Waals surface area contributed by atoms with E-state index in [-0.39, 0.29) is 24.1 Å². The number of carbonyl (C=O) groups excluding carboxylic acids is 1. The number of hydrogen-bond donors (Lipinski definition) is 0. The largest absolute Gasteiger partial charge is 0.485 e. The van der Waals surface area contributed by atoms with Gasteiger partial charge in [0.05, 0.1) is 6.54 Å². The molecule has 2 fully saturated rings. The molecule has 7 nitrogen and oxygen atoms in total. The lowest BCUT2D eigenvalue weighted by Gasteiger charge is -2.22. The van der Waals surface area contributed by atoms with Gasteiger partial charge in [-0.3, -0.25) is 9.59 Å². The third-order valence-electron chi connectivity index (χ3n) is 5.15. The normalized spacial score (nSPS) is 19.5. The molecule has 0 bridgehead atoms. The van der Waals surface area contributed by atoms with E-state index < -0.39 is 0 Å². The first-order valence-corrected chi connectivity index (χ1v) is 9.50. The van der Waals surface area contributed by atoms with E-state index in [0.717, 1.165) is 31.1 Å². The molecule has 0 spiro atoms. The maximum atomic E-state index is 12.5. The Bertz CT molecular complexity index is 860. The molecule has 7 heteroatoms. The summed E-state index contributed by atoms with van der Waals surface area (Å²) in [4.78, 5) is 32.9. The van der Waals surface area contributed by atoms with Crippen molar-refractivity contribution in [2.24, 2.45) is 0 Å². The molecule has 2 aliphatic heterocycles. The highest BCUT2D eigenvalue weighted by atomic mass is 16.5. The maximum absolute atomic E-state index is 12.5. The molecule has 0 radical (unpaired) electrons. The lowest BCUT2D eigenvalue weighted by Crippen LogP contribution is -2.36. The van der Waals surface area contributed by atoms with Gasteiger partial charge in [-0.2, -0.15) is 0 Å². The standard InChI is InChI=1S/C20H24N4O3/c25-18-7-1-2-12-23(18)15-19(26)24-13-8-16(14-24)27-17-6-5-9-21-20(17)22-10-3-4-11-22/h1-2,5-7,9,12,16H,3-4,8,10-11,13-15H2/t16-/m0/s1. The van der Waals surface area contributed by atoms with E-state index in [2.05, 4.69) is 9.88 Å². The lowest BCUT2D eigenvalue weighted by atomic mass is 10.3. The molecule has 2 aromatic heterocycles. The third kappa shape index (κ3) is 3.97. The van der Waals surface area contributed by atoms with E-state index in [1.807, 2.05) is 12.1 Å². The summed E-state index contributed by atoms with van der Waals surface area (Å²) in [6, 6.07) is 8.73. The fourth-order valence-electron chi connectivity index (χ4n) is 3.71. The Balaban J connectivity index is 1.38. The van der Waals surface area contributed by atoms with Crippen LogP contribution in [0.3, 0.4) is 0 Å². The van der Waals surface area contributed by atoms with Gasteiger partial charge in [0.15, 0.2) is 11.6 Å². The second kappa shape index (κ2) is 7.82. The number of aromatic nitrogens is 2. The molecule has 4 heterocycles. The molecule has 0 saturated carbocycles. The van der Waals surface area contributed by atoms with Crippen LogP contribution in [-0.2, 0) is 11.3 Å². The smallest absolute Gasteiger partial charge is 0.250 e. The predicted octanol–water partition coefficient (Wildman–Crippen LogP) is 1.52. The van der Waals surface area contributed by atoms with Crippen molar-refractivity contribution in [2.75, 3.05) is 31.1 Å². The number of pyridine rings is 2. The first kappa shape index (κ1) is 17.6. The molecule has 0 aliphatic carbocycles. The molecule has 2 saturated heterocycles. The van der Waals surface area contributed by atoms with Gasteiger partial charge in [-0.25, -0.2) is 4.98 Å². The molecule has 0 unspecified atom stereocenters. The van der Waals surface area contributed by atoms with Gasteiger partial charge >= 0.3 is 0 Å². The number of hydrogen-bond acceptors (Lipinski definition) is 5. The minimum atomic E-state index is -0.163. The zero-order valence-electron chi connectivity index (χ0n) is 15.3. The summed E-state index contributed by atoms with van der Waals surface area (Å²) in [5.41, 5.74) is -0.163. The number of likely N-dealkylation sites (tertiary alicyclic amines) is 1. The van der Waals surface area contributed by atoms with Gasteiger partial charge in [-0.05, 0) is 31.0 Å². The van der Waals surface area contributed by atoms with Gasteiger partial charge in [0, 0.05) is 44.5 Å². The van der Waals surface area contributed by atoms with Crippen LogP contribution in [0, 0.1) is 0 Å². The van der Waals surface area contributed by atoms with Crippen molar-refractivity contribution in [3.05, 3.63) is 53.1 Å². The number of carbonyl (C=O) groups is 1. The van der Waals surface area contributed by atoms with Crippen LogP contribution in [0.4, 0.5) is 5.82 Å². The van der Waals surface area contributed by atoms with Gasteiger partial charge < -0.3 is 19.1 Å². The number of rotatable bonds is 5. The van der Waals surface area contributed by atoms with Crippen LogP contribution in [0.2, 0.25) is 0 Å². The van der Waals surface area contributed by atoms with Gasteiger partial charge in [0.1, 0.15) is 12.6 Å². The van der Waals surface area contributed by atoms with E-state index in [9.17, 15) is 9.59 Å². The average Bonchev–Trinajstić information content (AvgIpc) is 3.36. The zero-order valence-corrected chi connectivity index (χ0v) is 15.3. The Morgan fingerprint density at radius 1 is 1.15 bits per heavy atom. The number of nitrogens with zero attached hydrogens (tertiary/aromatic N) is 4. The molecule has 4 rings (SSSR count). The van der Waals surface area contributed by atoms with Crippen LogP contribution in [0.1, 0.15) is 19.3 Å². The number of amides is 1. The van der Waals surface area contributed by atoms with Crippen LogP contribution < -0.4 is 15.2 Å². The molecule has 1 atom stereocenters. The van der Waals surface area contributed by atoms with E-state index in [4.69, 9.17) is 4.74 Å². The van der Waals surface area contributed by atoms with Crippen molar-refractivity contribution in [1.82, 2.24) is 14.5 Å². The van der Waals surface area contributed by atoms with Crippen molar-refractivity contribution in [3.8, 4) is 5.75 Å². The Kier molecular flexibility index (Phi) is 5.09. The quantitative estimate of drug-likeness (QED) is 0.801. The molecule has 0 N–H and O–H groups in total. The SMILES string of the molecule is O=C(Cn1ccccc1=O)N1CC[C@H](Oc2cccnc2N2CCCC2)C1. The molecule has 2 aliphatic rings. The van der Waals surface area contributed by atoms with Crippen LogP contribution in [-0.4, -0.2) is 52.6 Å². The highest BCUT2D eigenvalue weighted by Gasteiger charge is 2.29.